The second-order valence-electron chi connectivity index (χ2n) is 8.61. The van der Waals surface area contributed by atoms with E-state index in [9.17, 15) is 19.8 Å². The first-order valence-corrected chi connectivity index (χ1v) is 9.83. The fourth-order valence-electron chi connectivity index (χ4n) is 4.99. The molecule has 0 aromatic heterocycles. The van der Waals surface area contributed by atoms with E-state index < -0.39 is 35.8 Å². The highest BCUT2D eigenvalue weighted by molar-refractivity contribution is 5.92. The molecule has 0 unspecified atom stereocenters. The minimum atomic E-state index is -0.975. The zero-order valence-corrected chi connectivity index (χ0v) is 17.2. The Hall–Kier alpha value is -1.92. The van der Waals surface area contributed by atoms with Crippen molar-refractivity contribution in [3.63, 3.8) is 0 Å². The standard InChI is InChI=1S/C22H30O6/c1-11-8-17(24)20(27-14(4)23)22(5)16(12(2)6-7-19(22)25)10-15-13(3)21(26)28-18(15)9-11/h6,9,16-20,24-25H,7-8,10H2,1-5H3/b11-9-/t16-,17+,18-,19-,20-,22+/m0/s1. The van der Waals surface area contributed by atoms with Gasteiger partial charge < -0.3 is 19.7 Å². The Kier molecular flexibility index (Phi) is 5.56. The summed E-state index contributed by atoms with van der Waals surface area (Å²) in [5, 5.41) is 22.0. The number of aliphatic hydroxyl groups excluding tert-OH is 2. The van der Waals surface area contributed by atoms with Crippen LogP contribution in [-0.4, -0.2) is 46.6 Å². The number of hydrogen-bond acceptors (Lipinski definition) is 6. The number of aliphatic hydroxyl groups is 2. The molecule has 3 rings (SSSR count). The molecule has 2 N–H and O–H groups in total. The van der Waals surface area contributed by atoms with Gasteiger partial charge in [-0.1, -0.05) is 24.1 Å². The average molecular weight is 390 g/mol. The van der Waals surface area contributed by atoms with Crippen LogP contribution in [0.5, 0.6) is 0 Å². The van der Waals surface area contributed by atoms with Crippen LogP contribution >= 0.6 is 0 Å². The number of ether oxygens (including phenoxy) is 2. The van der Waals surface area contributed by atoms with Gasteiger partial charge in [0.15, 0.2) is 0 Å². The van der Waals surface area contributed by atoms with E-state index in [1.165, 1.54) is 6.92 Å². The van der Waals surface area contributed by atoms with Crippen LogP contribution < -0.4 is 0 Å². The maximum Gasteiger partial charge on any atom is 0.334 e. The van der Waals surface area contributed by atoms with Gasteiger partial charge in [0.25, 0.3) is 0 Å². The van der Waals surface area contributed by atoms with E-state index in [0.29, 0.717) is 18.4 Å². The lowest BCUT2D eigenvalue weighted by Crippen LogP contribution is -2.56. The van der Waals surface area contributed by atoms with Crippen molar-refractivity contribution < 1.29 is 29.3 Å². The zero-order valence-electron chi connectivity index (χ0n) is 17.2. The van der Waals surface area contributed by atoms with Crippen molar-refractivity contribution in [3.05, 3.63) is 34.4 Å². The lowest BCUT2D eigenvalue weighted by atomic mass is 9.59. The summed E-state index contributed by atoms with van der Waals surface area (Å²) < 4.78 is 11.2. The molecule has 0 bridgehead atoms. The monoisotopic (exact) mass is 390 g/mol. The van der Waals surface area contributed by atoms with Crippen molar-refractivity contribution in [1.82, 2.24) is 0 Å². The Bertz CT molecular complexity index is 776. The fourth-order valence-corrected chi connectivity index (χ4v) is 4.99. The average Bonchev–Trinajstić information content (AvgIpc) is 2.86. The van der Waals surface area contributed by atoms with Crippen LogP contribution in [0.4, 0.5) is 0 Å². The molecule has 3 aliphatic rings. The Morgan fingerprint density at radius 1 is 1.25 bits per heavy atom. The Balaban J connectivity index is 2.18. The molecule has 0 saturated carbocycles. The second kappa shape index (κ2) is 7.48. The highest BCUT2D eigenvalue weighted by atomic mass is 16.6. The van der Waals surface area contributed by atoms with Gasteiger partial charge >= 0.3 is 11.9 Å². The number of esters is 2. The van der Waals surface area contributed by atoms with Crippen molar-refractivity contribution >= 4 is 11.9 Å². The van der Waals surface area contributed by atoms with Crippen molar-refractivity contribution in [1.29, 1.82) is 0 Å². The summed E-state index contributed by atoms with van der Waals surface area (Å²) in [6.45, 7) is 8.80. The van der Waals surface area contributed by atoms with E-state index in [2.05, 4.69) is 0 Å². The summed E-state index contributed by atoms with van der Waals surface area (Å²) >= 11 is 0. The van der Waals surface area contributed by atoms with E-state index in [1.54, 1.807) is 6.92 Å². The minimum Gasteiger partial charge on any atom is -0.459 e. The number of carbonyl (C=O) groups excluding carboxylic acids is 2. The highest BCUT2D eigenvalue weighted by Crippen LogP contribution is 2.51. The first-order chi connectivity index (χ1) is 13.1. The van der Waals surface area contributed by atoms with Gasteiger partial charge in [-0.2, -0.15) is 0 Å². The molecule has 0 saturated heterocycles. The second-order valence-corrected chi connectivity index (χ2v) is 8.61. The molecular formula is C22H30O6. The Morgan fingerprint density at radius 2 is 1.93 bits per heavy atom. The van der Waals surface area contributed by atoms with Gasteiger partial charge in [0.05, 0.1) is 12.2 Å². The number of rotatable bonds is 1. The summed E-state index contributed by atoms with van der Waals surface area (Å²) in [4.78, 5) is 24.1. The van der Waals surface area contributed by atoms with E-state index in [1.807, 2.05) is 32.9 Å². The van der Waals surface area contributed by atoms with Crippen LogP contribution in [0.3, 0.4) is 0 Å². The molecule has 6 atom stereocenters. The van der Waals surface area contributed by atoms with Crippen LogP contribution in [0.25, 0.3) is 0 Å². The van der Waals surface area contributed by atoms with Crippen LogP contribution in [-0.2, 0) is 19.1 Å². The lowest BCUT2D eigenvalue weighted by molar-refractivity contribution is -0.182. The third-order valence-corrected chi connectivity index (χ3v) is 6.69. The highest BCUT2D eigenvalue weighted by Gasteiger charge is 2.54. The molecule has 1 heterocycles. The summed E-state index contributed by atoms with van der Waals surface area (Å²) in [5.41, 5.74) is 2.48. The van der Waals surface area contributed by atoms with Gasteiger partial charge in [0, 0.05) is 17.9 Å². The summed E-state index contributed by atoms with van der Waals surface area (Å²) in [7, 11) is 0. The minimum absolute atomic E-state index is 0.205. The van der Waals surface area contributed by atoms with Crippen LogP contribution in [0, 0.1) is 11.3 Å². The third kappa shape index (κ3) is 3.44. The molecule has 2 aliphatic carbocycles. The lowest BCUT2D eigenvalue weighted by Gasteiger charge is -2.50. The topological polar surface area (TPSA) is 93.1 Å². The van der Waals surface area contributed by atoms with Gasteiger partial charge in [0.2, 0.25) is 0 Å². The van der Waals surface area contributed by atoms with Crippen molar-refractivity contribution in [2.75, 3.05) is 0 Å². The third-order valence-electron chi connectivity index (χ3n) is 6.69. The van der Waals surface area contributed by atoms with Crippen molar-refractivity contribution in [3.8, 4) is 0 Å². The van der Waals surface area contributed by atoms with Gasteiger partial charge in [-0.05, 0) is 57.6 Å². The molecule has 0 radical (unpaired) electrons. The van der Waals surface area contributed by atoms with Gasteiger partial charge in [-0.25, -0.2) is 4.79 Å². The maximum atomic E-state index is 12.2. The largest absolute Gasteiger partial charge is 0.459 e. The Morgan fingerprint density at radius 3 is 2.57 bits per heavy atom. The van der Waals surface area contributed by atoms with Gasteiger partial charge in [-0.15, -0.1) is 0 Å². The van der Waals surface area contributed by atoms with Crippen LogP contribution in [0.15, 0.2) is 34.4 Å². The molecule has 0 spiro atoms. The molecule has 154 valence electrons. The molecule has 1 aliphatic heterocycles. The number of carbonyl (C=O) groups is 2. The number of allylic oxidation sites excluding steroid dienone is 1. The molecular weight excluding hydrogens is 360 g/mol. The molecule has 0 fully saturated rings. The number of hydrogen-bond donors (Lipinski definition) is 2. The SMILES string of the molecule is CC(=O)O[C@H]1[C@H](O)C/C(C)=C\[C@@H]2OC(=O)C(C)=C2C[C@H]2C(C)=CC[C@H](O)[C@@]21C. The molecule has 6 nitrogen and oxygen atoms in total. The first kappa shape index (κ1) is 20.8. The van der Waals surface area contributed by atoms with Crippen molar-refractivity contribution in [2.45, 2.75) is 78.3 Å². The van der Waals surface area contributed by atoms with Crippen LogP contribution in [0.1, 0.15) is 53.9 Å². The predicted molar refractivity (Wildman–Crippen MR) is 103 cm³/mol. The quantitative estimate of drug-likeness (QED) is 0.528. The summed E-state index contributed by atoms with van der Waals surface area (Å²) in [6.07, 6.45) is 1.94. The molecule has 28 heavy (non-hydrogen) atoms. The smallest absolute Gasteiger partial charge is 0.334 e. The molecule has 0 aromatic carbocycles. The van der Waals surface area contributed by atoms with E-state index >= 15 is 0 Å². The van der Waals surface area contributed by atoms with E-state index in [-0.39, 0.29) is 18.3 Å². The van der Waals surface area contributed by atoms with E-state index in [0.717, 1.165) is 16.7 Å². The maximum absolute atomic E-state index is 12.2. The zero-order chi connectivity index (χ0) is 20.8. The predicted octanol–water partition coefficient (Wildman–Crippen LogP) is 2.59. The Labute approximate surface area is 165 Å². The molecule has 6 heteroatoms. The van der Waals surface area contributed by atoms with E-state index in [4.69, 9.17) is 9.47 Å². The molecule has 0 aromatic rings. The number of fused-ring (bicyclic) bond motifs is 2. The molecule has 0 amide bonds. The summed E-state index contributed by atoms with van der Waals surface area (Å²) in [5.74, 6) is -1.03. The van der Waals surface area contributed by atoms with Gasteiger partial charge in [0.1, 0.15) is 12.2 Å². The first-order valence-electron chi connectivity index (χ1n) is 9.83. The van der Waals surface area contributed by atoms with Crippen LogP contribution in [0.2, 0.25) is 0 Å². The fraction of sp³-hybridized carbons (Fsp3) is 0.636. The summed E-state index contributed by atoms with van der Waals surface area (Å²) in [6, 6.07) is 0. The normalized spacial score (nSPS) is 40.5. The van der Waals surface area contributed by atoms with Gasteiger partial charge in [-0.3, -0.25) is 4.79 Å². The van der Waals surface area contributed by atoms with Crippen molar-refractivity contribution in [2.24, 2.45) is 11.3 Å².